The van der Waals surface area contributed by atoms with E-state index in [1.807, 2.05) is 61.4 Å². The van der Waals surface area contributed by atoms with Crippen molar-refractivity contribution in [3.05, 3.63) is 112 Å². The van der Waals surface area contributed by atoms with Crippen molar-refractivity contribution < 1.29 is 27.9 Å². The van der Waals surface area contributed by atoms with E-state index < -0.39 is 28.1 Å². The molecule has 12 heteroatoms. The van der Waals surface area contributed by atoms with E-state index in [-0.39, 0.29) is 47.8 Å². The van der Waals surface area contributed by atoms with Crippen LogP contribution in [0, 0.1) is 12.8 Å². The van der Waals surface area contributed by atoms with Gasteiger partial charge < -0.3 is 20.1 Å². The van der Waals surface area contributed by atoms with Crippen LogP contribution < -0.4 is 10.1 Å². The van der Waals surface area contributed by atoms with Gasteiger partial charge in [0.2, 0.25) is 10.0 Å². The van der Waals surface area contributed by atoms with E-state index >= 15 is 0 Å². The van der Waals surface area contributed by atoms with Crippen LogP contribution in [0.5, 0.6) is 5.75 Å². The highest BCUT2D eigenvalue weighted by Gasteiger charge is 2.34. The molecule has 4 aromatic rings. The lowest BCUT2D eigenvalue weighted by molar-refractivity contribution is 0.0735. The highest BCUT2D eigenvalue weighted by molar-refractivity contribution is 7.89. The van der Waals surface area contributed by atoms with Gasteiger partial charge in [0, 0.05) is 41.8 Å². The van der Waals surface area contributed by atoms with Crippen LogP contribution >= 0.6 is 11.3 Å². The summed E-state index contributed by atoms with van der Waals surface area (Å²) in [5.41, 5.74) is 2.45. The van der Waals surface area contributed by atoms with Gasteiger partial charge in [-0.2, -0.15) is 4.31 Å². The van der Waals surface area contributed by atoms with Crippen LogP contribution in [-0.2, 0) is 16.4 Å². The van der Waals surface area contributed by atoms with Gasteiger partial charge in [0.1, 0.15) is 10.8 Å². The van der Waals surface area contributed by atoms with Gasteiger partial charge in [0.15, 0.2) is 0 Å². The standard InChI is InChI=1S/C37H44N4O6S2/c1-25(2)22-40(49(45,46)31-17-15-30(47-4)16-18-31)23-34(42)32(20-27-10-6-5-7-11-27)39-35(43)28-12-8-13-29(21-28)37(44)41-19-9-14-33(41)36-38-26(3)24-48-36/h5-8,10-13,15-18,21,24-25,32-34,42H,9,14,19-20,22-23H2,1-4H3,(H,39,43)/t32-,33+,34-/m0/s1. The molecule has 1 aliphatic heterocycles. The number of carbonyl (C=O) groups excluding carboxylic acids is 2. The average Bonchev–Trinajstić information content (AvgIpc) is 3.77. The molecule has 5 rings (SSSR count). The molecule has 3 atom stereocenters. The van der Waals surface area contributed by atoms with E-state index in [2.05, 4.69) is 10.3 Å². The van der Waals surface area contributed by atoms with E-state index in [9.17, 15) is 23.1 Å². The second kappa shape index (κ2) is 16.1. The van der Waals surface area contributed by atoms with Crippen molar-refractivity contribution in [2.24, 2.45) is 5.92 Å². The molecule has 1 saturated heterocycles. The Labute approximate surface area is 292 Å². The van der Waals surface area contributed by atoms with Crippen molar-refractivity contribution in [1.29, 1.82) is 0 Å². The summed E-state index contributed by atoms with van der Waals surface area (Å²) in [4.78, 5) is 34.0. The molecule has 2 amide bonds. The number of aliphatic hydroxyl groups excluding tert-OH is 1. The Bertz CT molecular complexity index is 1830. The molecule has 3 aromatic carbocycles. The van der Waals surface area contributed by atoms with Gasteiger partial charge in [-0.15, -0.1) is 11.3 Å². The minimum atomic E-state index is -3.99. The SMILES string of the molecule is COc1ccc(S(=O)(=O)N(CC(C)C)C[C@H](O)[C@H](Cc2ccccc2)NC(=O)c2cccc(C(=O)N3CCC[C@@H]3c3nc(C)cs3)c2)cc1. The number of benzene rings is 3. The average molecular weight is 705 g/mol. The number of hydrogen-bond donors (Lipinski definition) is 2. The Kier molecular flexibility index (Phi) is 11.9. The molecule has 260 valence electrons. The molecule has 1 aliphatic rings. The van der Waals surface area contributed by atoms with Gasteiger partial charge in [-0.25, -0.2) is 13.4 Å². The van der Waals surface area contributed by atoms with Crippen molar-refractivity contribution in [3.8, 4) is 5.75 Å². The molecule has 2 heterocycles. The fourth-order valence-corrected chi connectivity index (χ4v) is 8.63. The molecule has 0 aliphatic carbocycles. The van der Waals surface area contributed by atoms with Crippen molar-refractivity contribution in [2.75, 3.05) is 26.7 Å². The maximum atomic E-state index is 13.8. The minimum absolute atomic E-state index is 0.0301. The van der Waals surface area contributed by atoms with Gasteiger partial charge in [-0.05, 0) is 80.1 Å². The number of sulfonamides is 1. The smallest absolute Gasteiger partial charge is 0.254 e. The Hall–Kier alpha value is -4.10. The van der Waals surface area contributed by atoms with Gasteiger partial charge in [-0.1, -0.05) is 50.2 Å². The third-order valence-electron chi connectivity index (χ3n) is 8.54. The fraction of sp³-hybridized carbons (Fsp3) is 0.378. The topological polar surface area (TPSA) is 129 Å². The maximum Gasteiger partial charge on any atom is 0.254 e. The number of amides is 2. The number of aliphatic hydroxyl groups is 1. The number of aromatic nitrogens is 1. The second-order valence-corrected chi connectivity index (χ2v) is 15.6. The fourth-order valence-electron chi connectivity index (χ4n) is 6.06. The van der Waals surface area contributed by atoms with Gasteiger partial charge in [0.05, 0.1) is 30.2 Å². The third-order valence-corrected chi connectivity index (χ3v) is 11.5. The summed E-state index contributed by atoms with van der Waals surface area (Å²) in [6, 6.07) is 21.2. The first-order valence-corrected chi connectivity index (χ1v) is 18.8. The van der Waals surface area contributed by atoms with Crippen molar-refractivity contribution in [2.45, 2.75) is 63.1 Å². The lowest BCUT2D eigenvalue weighted by atomic mass is 10.00. The summed E-state index contributed by atoms with van der Waals surface area (Å²) in [5.74, 6) is -0.145. The summed E-state index contributed by atoms with van der Waals surface area (Å²) < 4.78 is 34.1. The first-order valence-electron chi connectivity index (χ1n) is 16.5. The minimum Gasteiger partial charge on any atom is -0.497 e. The monoisotopic (exact) mass is 704 g/mol. The van der Waals surface area contributed by atoms with E-state index in [4.69, 9.17) is 4.74 Å². The first-order chi connectivity index (χ1) is 23.5. The number of likely N-dealkylation sites (tertiary alicyclic amines) is 1. The Morgan fingerprint density at radius 1 is 1.04 bits per heavy atom. The molecule has 2 N–H and O–H groups in total. The number of ether oxygens (including phenoxy) is 1. The van der Waals surface area contributed by atoms with Crippen LogP contribution in [0.1, 0.15) is 69.7 Å². The highest BCUT2D eigenvalue weighted by atomic mass is 32.2. The summed E-state index contributed by atoms with van der Waals surface area (Å²) in [6.45, 7) is 6.28. The number of methoxy groups -OCH3 is 1. The Morgan fingerprint density at radius 3 is 2.41 bits per heavy atom. The quantitative estimate of drug-likeness (QED) is 0.178. The largest absolute Gasteiger partial charge is 0.497 e. The molecule has 49 heavy (non-hydrogen) atoms. The van der Waals surface area contributed by atoms with Crippen LogP contribution in [0.4, 0.5) is 0 Å². The van der Waals surface area contributed by atoms with Crippen LogP contribution in [0.2, 0.25) is 0 Å². The van der Waals surface area contributed by atoms with Crippen molar-refractivity contribution in [3.63, 3.8) is 0 Å². The zero-order valence-electron chi connectivity index (χ0n) is 28.3. The lowest BCUT2D eigenvalue weighted by Gasteiger charge is -2.31. The Morgan fingerprint density at radius 2 is 1.76 bits per heavy atom. The van der Waals surface area contributed by atoms with E-state index in [1.54, 1.807) is 47.7 Å². The molecule has 0 bridgehead atoms. The number of thiazole rings is 1. The predicted octanol–water partition coefficient (Wildman–Crippen LogP) is 5.49. The van der Waals surface area contributed by atoms with E-state index in [1.165, 1.54) is 23.5 Å². The number of nitrogens with zero attached hydrogens (tertiary/aromatic N) is 3. The molecule has 0 spiro atoms. The number of hydrogen-bond acceptors (Lipinski definition) is 8. The van der Waals surface area contributed by atoms with E-state index in [0.717, 1.165) is 29.1 Å². The zero-order chi connectivity index (χ0) is 35.1. The van der Waals surface area contributed by atoms with Crippen molar-refractivity contribution in [1.82, 2.24) is 19.5 Å². The number of carbonyl (C=O) groups is 2. The maximum absolute atomic E-state index is 13.8. The van der Waals surface area contributed by atoms with Crippen molar-refractivity contribution >= 4 is 33.2 Å². The van der Waals surface area contributed by atoms with Crippen LogP contribution in [0.25, 0.3) is 0 Å². The van der Waals surface area contributed by atoms with Gasteiger partial charge in [-0.3, -0.25) is 9.59 Å². The van der Waals surface area contributed by atoms with Crippen LogP contribution in [0.15, 0.2) is 89.1 Å². The molecule has 1 aromatic heterocycles. The predicted molar refractivity (Wildman–Crippen MR) is 190 cm³/mol. The normalized spacial score (nSPS) is 16.1. The molecule has 10 nitrogen and oxygen atoms in total. The lowest BCUT2D eigenvalue weighted by Crippen LogP contribution is -2.51. The summed E-state index contributed by atoms with van der Waals surface area (Å²) >= 11 is 1.55. The molecular formula is C37H44N4O6S2. The molecule has 0 unspecified atom stereocenters. The molecular weight excluding hydrogens is 661 g/mol. The molecule has 0 saturated carbocycles. The summed E-state index contributed by atoms with van der Waals surface area (Å²) in [6.07, 6.45) is 0.705. The van der Waals surface area contributed by atoms with Gasteiger partial charge in [0.25, 0.3) is 11.8 Å². The molecule has 0 radical (unpaired) electrons. The number of nitrogens with one attached hydrogen (secondary N) is 1. The second-order valence-electron chi connectivity index (χ2n) is 12.8. The first kappa shape index (κ1) is 36.2. The van der Waals surface area contributed by atoms with Crippen LogP contribution in [-0.4, -0.2) is 78.4 Å². The Balaban J connectivity index is 1.37. The van der Waals surface area contributed by atoms with E-state index in [0.29, 0.717) is 17.9 Å². The van der Waals surface area contributed by atoms with Crippen LogP contribution in [0.3, 0.4) is 0 Å². The summed E-state index contributed by atoms with van der Waals surface area (Å²) in [7, 11) is -2.48. The third kappa shape index (κ3) is 8.93. The number of aryl methyl sites for hydroxylation is 1. The summed E-state index contributed by atoms with van der Waals surface area (Å²) in [5, 5.41) is 17.5. The zero-order valence-corrected chi connectivity index (χ0v) is 29.9. The van der Waals surface area contributed by atoms with Gasteiger partial charge >= 0.3 is 0 Å². The molecule has 1 fully saturated rings. The highest BCUT2D eigenvalue weighted by Crippen LogP contribution is 2.35. The number of rotatable bonds is 14.